The van der Waals surface area contributed by atoms with Crippen molar-refractivity contribution in [1.29, 1.82) is 0 Å². The molecule has 21 heavy (non-hydrogen) atoms. The Morgan fingerprint density at radius 3 is 2.62 bits per heavy atom. The van der Waals surface area contributed by atoms with Crippen LogP contribution in [0.15, 0.2) is 46.9 Å². The van der Waals surface area contributed by atoms with E-state index >= 15 is 0 Å². The fourth-order valence-corrected chi connectivity index (χ4v) is 2.22. The van der Waals surface area contributed by atoms with Crippen molar-refractivity contribution >= 4 is 28.0 Å². The number of aliphatic carboxylic acids is 1. The molecular formula is C16H12BrFO3. The smallest absolute Gasteiger partial charge is 0.328 e. The van der Waals surface area contributed by atoms with E-state index in [0.29, 0.717) is 17.1 Å². The van der Waals surface area contributed by atoms with Crippen molar-refractivity contribution in [2.45, 2.75) is 6.92 Å². The van der Waals surface area contributed by atoms with Gasteiger partial charge in [0.25, 0.3) is 0 Å². The molecule has 2 aromatic rings. The van der Waals surface area contributed by atoms with Crippen molar-refractivity contribution in [2.75, 3.05) is 0 Å². The quantitative estimate of drug-likeness (QED) is 0.806. The second-order valence-corrected chi connectivity index (χ2v) is 5.28. The zero-order valence-electron chi connectivity index (χ0n) is 11.1. The van der Waals surface area contributed by atoms with Gasteiger partial charge in [0, 0.05) is 16.1 Å². The van der Waals surface area contributed by atoms with E-state index in [2.05, 4.69) is 15.9 Å². The van der Waals surface area contributed by atoms with Gasteiger partial charge in [-0.05, 0) is 55.0 Å². The number of carboxylic acid groups (broad SMARTS) is 1. The highest BCUT2D eigenvalue weighted by molar-refractivity contribution is 9.10. The summed E-state index contributed by atoms with van der Waals surface area (Å²) in [4.78, 5) is 10.6. The monoisotopic (exact) mass is 350 g/mol. The van der Waals surface area contributed by atoms with Crippen molar-refractivity contribution in [3.05, 3.63) is 63.9 Å². The predicted octanol–water partition coefficient (Wildman–Crippen LogP) is 4.79. The molecule has 0 heterocycles. The molecule has 3 nitrogen and oxygen atoms in total. The zero-order valence-corrected chi connectivity index (χ0v) is 12.7. The average Bonchev–Trinajstić information content (AvgIpc) is 2.41. The number of ether oxygens (including phenoxy) is 1. The molecular weight excluding hydrogens is 339 g/mol. The average molecular weight is 351 g/mol. The number of benzene rings is 2. The molecule has 0 aliphatic heterocycles. The van der Waals surface area contributed by atoms with Crippen LogP contribution in [0.3, 0.4) is 0 Å². The van der Waals surface area contributed by atoms with Crippen LogP contribution in [0.2, 0.25) is 0 Å². The molecule has 0 radical (unpaired) electrons. The third-order valence-corrected chi connectivity index (χ3v) is 3.23. The van der Waals surface area contributed by atoms with E-state index in [0.717, 1.165) is 16.1 Å². The lowest BCUT2D eigenvalue weighted by Crippen LogP contribution is -1.92. The van der Waals surface area contributed by atoms with Gasteiger partial charge in [0.2, 0.25) is 0 Å². The molecule has 0 amide bonds. The minimum atomic E-state index is -1.11. The fourth-order valence-electron chi connectivity index (χ4n) is 1.75. The molecule has 108 valence electrons. The van der Waals surface area contributed by atoms with Gasteiger partial charge in [-0.2, -0.15) is 0 Å². The molecule has 2 aromatic carbocycles. The van der Waals surface area contributed by atoms with Crippen LogP contribution in [0, 0.1) is 12.7 Å². The van der Waals surface area contributed by atoms with E-state index in [9.17, 15) is 9.18 Å². The summed E-state index contributed by atoms with van der Waals surface area (Å²) in [5.41, 5.74) is 1.27. The van der Waals surface area contributed by atoms with Gasteiger partial charge in [0.05, 0.1) is 0 Å². The summed E-state index contributed by atoms with van der Waals surface area (Å²) in [6.07, 6.45) is 2.24. The Hall–Kier alpha value is -2.14. The Morgan fingerprint density at radius 2 is 1.95 bits per heavy atom. The maximum Gasteiger partial charge on any atom is 0.328 e. The second-order valence-electron chi connectivity index (χ2n) is 4.37. The SMILES string of the molecule is Cc1cc(Br)ccc1Oc1ccc(F)cc1C=CC(=O)O. The van der Waals surface area contributed by atoms with Crippen molar-refractivity contribution in [1.82, 2.24) is 0 Å². The molecule has 0 fully saturated rings. The number of hydrogen-bond donors (Lipinski definition) is 1. The minimum Gasteiger partial charge on any atom is -0.478 e. The first-order chi connectivity index (χ1) is 9.95. The maximum atomic E-state index is 13.3. The van der Waals surface area contributed by atoms with E-state index in [1.54, 1.807) is 6.07 Å². The molecule has 0 aromatic heterocycles. The summed E-state index contributed by atoms with van der Waals surface area (Å²) in [5, 5.41) is 8.67. The minimum absolute atomic E-state index is 0.361. The highest BCUT2D eigenvalue weighted by Crippen LogP contribution is 2.30. The van der Waals surface area contributed by atoms with Gasteiger partial charge in [-0.1, -0.05) is 15.9 Å². The molecule has 0 saturated heterocycles. The predicted molar refractivity (Wildman–Crippen MR) is 82.0 cm³/mol. The van der Waals surface area contributed by atoms with Gasteiger partial charge >= 0.3 is 5.97 Å². The number of carboxylic acids is 1. The number of aryl methyl sites for hydroxylation is 1. The maximum absolute atomic E-state index is 13.3. The molecule has 5 heteroatoms. The van der Waals surface area contributed by atoms with E-state index in [4.69, 9.17) is 9.84 Å². The van der Waals surface area contributed by atoms with Crippen molar-refractivity contribution in [3.63, 3.8) is 0 Å². The van der Waals surface area contributed by atoms with E-state index < -0.39 is 11.8 Å². The third kappa shape index (κ3) is 4.16. The second kappa shape index (κ2) is 6.54. The first kappa shape index (κ1) is 15.3. The number of carbonyl (C=O) groups is 1. The Balaban J connectivity index is 2.37. The molecule has 0 saturated carbocycles. The molecule has 0 atom stereocenters. The summed E-state index contributed by atoms with van der Waals surface area (Å²) in [5.74, 6) is -0.556. The van der Waals surface area contributed by atoms with Gasteiger partial charge in [0.15, 0.2) is 0 Å². The Morgan fingerprint density at radius 1 is 1.24 bits per heavy atom. The Bertz CT molecular complexity index is 711. The Kier molecular flexibility index (Phi) is 4.75. The number of halogens is 2. The summed E-state index contributed by atoms with van der Waals surface area (Å²) in [7, 11) is 0. The van der Waals surface area contributed by atoms with Crippen molar-refractivity contribution in [3.8, 4) is 11.5 Å². The van der Waals surface area contributed by atoms with Crippen LogP contribution in [0.5, 0.6) is 11.5 Å². The molecule has 2 rings (SSSR count). The lowest BCUT2D eigenvalue weighted by molar-refractivity contribution is -0.131. The first-order valence-corrected chi connectivity index (χ1v) is 6.89. The molecule has 0 spiro atoms. The van der Waals surface area contributed by atoms with Crippen LogP contribution in [-0.2, 0) is 4.79 Å². The van der Waals surface area contributed by atoms with E-state index in [1.807, 2.05) is 19.1 Å². The Labute approximate surface area is 129 Å². The molecule has 0 bridgehead atoms. The van der Waals surface area contributed by atoms with Crippen molar-refractivity contribution < 1.29 is 19.0 Å². The van der Waals surface area contributed by atoms with Gasteiger partial charge in [0.1, 0.15) is 17.3 Å². The summed E-state index contributed by atoms with van der Waals surface area (Å²) >= 11 is 3.36. The van der Waals surface area contributed by atoms with Gasteiger partial charge < -0.3 is 9.84 Å². The van der Waals surface area contributed by atoms with Crippen LogP contribution < -0.4 is 4.74 Å². The fraction of sp³-hybridized carbons (Fsp3) is 0.0625. The van der Waals surface area contributed by atoms with Gasteiger partial charge in [-0.3, -0.25) is 0 Å². The van der Waals surface area contributed by atoms with Crippen LogP contribution in [0.4, 0.5) is 4.39 Å². The lowest BCUT2D eigenvalue weighted by Gasteiger charge is -2.11. The molecule has 0 aliphatic carbocycles. The summed E-state index contributed by atoms with van der Waals surface area (Å²) < 4.78 is 20.0. The third-order valence-electron chi connectivity index (χ3n) is 2.73. The highest BCUT2D eigenvalue weighted by atomic mass is 79.9. The summed E-state index contributed by atoms with van der Waals surface area (Å²) in [6.45, 7) is 1.89. The van der Waals surface area contributed by atoms with E-state index in [1.165, 1.54) is 24.3 Å². The van der Waals surface area contributed by atoms with Gasteiger partial charge in [-0.15, -0.1) is 0 Å². The van der Waals surface area contributed by atoms with Crippen LogP contribution in [0.25, 0.3) is 6.08 Å². The number of hydrogen-bond acceptors (Lipinski definition) is 2. The number of rotatable bonds is 4. The van der Waals surface area contributed by atoms with Crippen LogP contribution >= 0.6 is 15.9 Å². The van der Waals surface area contributed by atoms with E-state index in [-0.39, 0.29) is 0 Å². The van der Waals surface area contributed by atoms with Crippen LogP contribution in [-0.4, -0.2) is 11.1 Å². The zero-order chi connectivity index (χ0) is 15.4. The molecule has 0 unspecified atom stereocenters. The van der Waals surface area contributed by atoms with Gasteiger partial charge in [-0.25, -0.2) is 9.18 Å². The standard InChI is InChI=1S/C16H12BrFO3/c1-10-8-12(17)3-5-14(10)21-15-6-4-13(18)9-11(15)2-7-16(19)20/h2-9H,1H3,(H,19,20). The lowest BCUT2D eigenvalue weighted by atomic mass is 10.1. The first-order valence-electron chi connectivity index (χ1n) is 6.10. The highest BCUT2D eigenvalue weighted by Gasteiger charge is 2.07. The largest absolute Gasteiger partial charge is 0.478 e. The van der Waals surface area contributed by atoms with Crippen molar-refractivity contribution in [2.24, 2.45) is 0 Å². The molecule has 0 aliphatic rings. The molecule has 1 N–H and O–H groups in total. The van der Waals surface area contributed by atoms with Crippen LogP contribution in [0.1, 0.15) is 11.1 Å². The normalized spacial score (nSPS) is 10.8. The summed E-state index contributed by atoms with van der Waals surface area (Å²) in [6, 6.07) is 9.47. The topological polar surface area (TPSA) is 46.5 Å².